The maximum Gasteiger partial charge on any atom is 0.335 e. The number of aromatic carboxylic acids is 1. The third-order valence-corrected chi connectivity index (χ3v) is 2.61. The lowest BCUT2D eigenvalue weighted by atomic mass is 10.1. The van der Waals surface area contributed by atoms with Gasteiger partial charge in [0.25, 0.3) is 5.91 Å². The van der Waals surface area contributed by atoms with Crippen LogP contribution in [0.1, 0.15) is 20.7 Å². The number of hydrogen-bond donors (Lipinski definition) is 1. The van der Waals surface area contributed by atoms with E-state index in [1.807, 2.05) is 0 Å². The average molecular weight is 267 g/mol. The number of carboxylic acid groups (broad SMARTS) is 1. The summed E-state index contributed by atoms with van der Waals surface area (Å²) in [4.78, 5) is 24.6. The molecule has 0 saturated heterocycles. The van der Waals surface area contributed by atoms with Crippen molar-refractivity contribution in [2.45, 2.75) is 0 Å². The molecule has 0 aliphatic carbocycles. The molecule has 0 aliphatic heterocycles. The molecule has 0 saturated carbocycles. The fraction of sp³-hybridized carbons (Fsp3) is 0.385. The molecular formula is C13H17NO5. The number of nitrogens with zero attached hydrogens (tertiary/aromatic N) is 1. The van der Waals surface area contributed by atoms with Crippen LogP contribution in [-0.2, 0) is 4.74 Å². The van der Waals surface area contributed by atoms with Crippen LogP contribution in [0.3, 0.4) is 0 Å². The highest BCUT2D eigenvalue weighted by molar-refractivity contribution is 5.98. The zero-order chi connectivity index (χ0) is 14.4. The topological polar surface area (TPSA) is 76.1 Å². The number of ether oxygens (including phenoxy) is 2. The van der Waals surface area contributed by atoms with Crippen LogP contribution in [0.4, 0.5) is 0 Å². The first kappa shape index (κ1) is 15.0. The van der Waals surface area contributed by atoms with Crippen molar-refractivity contribution in [1.29, 1.82) is 0 Å². The second-order valence-electron chi connectivity index (χ2n) is 3.97. The lowest BCUT2D eigenvalue weighted by molar-refractivity contribution is 0.0696. The number of benzene rings is 1. The number of carbonyl (C=O) groups excluding carboxylic acids is 1. The normalized spacial score (nSPS) is 10.1. The van der Waals surface area contributed by atoms with Crippen molar-refractivity contribution in [1.82, 2.24) is 4.90 Å². The van der Waals surface area contributed by atoms with E-state index in [2.05, 4.69) is 0 Å². The maximum absolute atomic E-state index is 12.1. The van der Waals surface area contributed by atoms with Gasteiger partial charge in [0.15, 0.2) is 0 Å². The summed E-state index contributed by atoms with van der Waals surface area (Å²) in [6.07, 6.45) is 0. The number of hydrogen-bond acceptors (Lipinski definition) is 4. The molecule has 1 amide bonds. The summed E-state index contributed by atoms with van der Waals surface area (Å²) in [5.74, 6) is -1.05. The minimum Gasteiger partial charge on any atom is -0.497 e. The predicted octanol–water partition coefficient (Wildman–Crippen LogP) is 1.11. The van der Waals surface area contributed by atoms with Gasteiger partial charge in [-0.25, -0.2) is 4.79 Å². The summed E-state index contributed by atoms with van der Waals surface area (Å²) in [6.45, 7) is 0.840. The lowest BCUT2D eigenvalue weighted by Crippen LogP contribution is -2.30. The van der Waals surface area contributed by atoms with Crippen LogP contribution in [0.5, 0.6) is 5.75 Å². The van der Waals surface area contributed by atoms with Crippen molar-refractivity contribution >= 4 is 11.9 Å². The van der Waals surface area contributed by atoms with E-state index in [1.165, 1.54) is 30.2 Å². The van der Waals surface area contributed by atoms with Gasteiger partial charge in [-0.1, -0.05) is 0 Å². The van der Waals surface area contributed by atoms with Crippen LogP contribution in [0, 0.1) is 0 Å². The van der Waals surface area contributed by atoms with Crippen LogP contribution in [0.25, 0.3) is 0 Å². The molecule has 1 aromatic rings. The second-order valence-corrected chi connectivity index (χ2v) is 3.97. The standard InChI is InChI=1S/C13H17NO5/c1-14(4-5-18-2)12(15)9-6-10(13(16)17)8-11(7-9)19-3/h6-8H,4-5H2,1-3H3,(H,16,17). The zero-order valence-corrected chi connectivity index (χ0v) is 11.2. The molecule has 6 nitrogen and oxygen atoms in total. The monoisotopic (exact) mass is 267 g/mol. The first-order valence-electron chi connectivity index (χ1n) is 5.66. The molecule has 0 atom stereocenters. The Kier molecular flexibility index (Phi) is 5.32. The number of carbonyl (C=O) groups is 2. The van der Waals surface area contributed by atoms with Gasteiger partial charge < -0.3 is 19.5 Å². The summed E-state index contributed by atoms with van der Waals surface area (Å²) in [7, 11) is 4.59. The largest absolute Gasteiger partial charge is 0.497 e. The van der Waals surface area contributed by atoms with E-state index in [9.17, 15) is 9.59 Å². The quantitative estimate of drug-likeness (QED) is 0.835. The van der Waals surface area contributed by atoms with Crippen LogP contribution in [0.15, 0.2) is 18.2 Å². The fourth-order valence-corrected chi connectivity index (χ4v) is 1.51. The summed E-state index contributed by atoms with van der Waals surface area (Å²) >= 11 is 0. The Morgan fingerprint density at radius 3 is 2.37 bits per heavy atom. The molecule has 19 heavy (non-hydrogen) atoms. The summed E-state index contributed by atoms with van der Waals surface area (Å²) in [5.41, 5.74) is 0.290. The van der Waals surface area contributed by atoms with Gasteiger partial charge >= 0.3 is 5.97 Å². The van der Waals surface area contributed by atoms with Crippen LogP contribution in [0.2, 0.25) is 0 Å². The lowest BCUT2D eigenvalue weighted by Gasteiger charge is -2.17. The fourth-order valence-electron chi connectivity index (χ4n) is 1.51. The molecule has 0 aliphatic rings. The third kappa shape index (κ3) is 3.96. The summed E-state index contributed by atoms with van der Waals surface area (Å²) in [6, 6.07) is 4.21. The van der Waals surface area contributed by atoms with Crippen molar-refractivity contribution < 1.29 is 24.2 Å². The van der Waals surface area contributed by atoms with Gasteiger partial charge in [0.2, 0.25) is 0 Å². The first-order chi connectivity index (χ1) is 8.99. The van der Waals surface area contributed by atoms with Gasteiger partial charge in [0, 0.05) is 26.3 Å². The molecule has 0 heterocycles. The maximum atomic E-state index is 12.1. The highest BCUT2D eigenvalue weighted by atomic mass is 16.5. The van der Waals surface area contributed by atoms with Gasteiger partial charge in [-0.3, -0.25) is 4.79 Å². The molecule has 1 N–H and O–H groups in total. The summed E-state index contributed by atoms with van der Waals surface area (Å²) in [5, 5.41) is 8.99. The van der Waals surface area contributed by atoms with Gasteiger partial charge in [-0.15, -0.1) is 0 Å². The molecule has 0 bridgehead atoms. The minimum atomic E-state index is -1.10. The highest BCUT2D eigenvalue weighted by Gasteiger charge is 2.15. The van der Waals surface area contributed by atoms with Crippen LogP contribution >= 0.6 is 0 Å². The highest BCUT2D eigenvalue weighted by Crippen LogP contribution is 2.18. The Morgan fingerprint density at radius 2 is 1.84 bits per heavy atom. The van der Waals surface area contributed by atoms with E-state index in [-0.39, 0.29) is 17.0 Å². The Hall–Kier alpha value is -2.08. The van der Waals surface area contributed by atoms with Gasteiger partial charge in [0.05, 0.1) is 19.3 Å². The molecule has 0 spiro atoms. The molecule has 0 fully saturated rings. The number of methoxy groups -OCH3 is 2. The molecule has 0 unspecified atom stereocenters. The molecule has 1 rings (SSSR count). The van der Waals surface area contributed by atoms with Crippen molar-refractivity contribution in [3.8, 4) is 5.75 Å². The molecule has 1 aromatic carbocycles. The number of likely N-dealkylation sites (N-methyl/N-ethyl adjacent to an activating group) is 1. The Labute approximate surface area is 111 Å². The van der Waals surface area contributed by atoms with Crippen molar-refractivity contribution in [3.63, 3.8) is 0 Å². The molecule has 104 valence electrons. The van der Waals surface area contributed by atoms with E-state index >= 15 is 0 Å². The van der Waals surface area contributed by atoms with E-state index < -0.39 is 5.97 Å². The number of rotatable bonds is 6. The van der Waals surface area contributed by atoms with Crippen molar-refractivity contribution in [2.75, 3.05) is 34.4 Å². The van der Waals surface area contributed by atoms with Gasteiger partial charge in [-0.05, 0) is 18.2 Å². The van der Waals surface area contributed by atoms with Crippen molar-refractivity contribution in [2.24, 2.45) is 0 Å². The Morgan fingerprint density at radius 1 is 1.21 bits per heavy atom. The van der Waals surface area contributed by atoms with E-state index in [0.29, 0.717) is 18.9 Å². The second kappa shape index (κ2) is 6.75. The molecule has 0 aromatic heterocycles. The van der Waals surface area contributed by atoms with E-state index in [0.717, 1.165) is 0 Å². The number of amides is 1. The molecule has 6 heteroatoms. The predicted molar refractivity (Wildman–Crippen MR) is 68.8 cm³/mol. The van der Waals surface area contributed by atoms with E-state index in [1.54, 1.807) is 14.2 Å². The van der Waals surface area contributed by atoms with Crippen LogP contribution in [-0.4, -0.2) is 56.3 Å². The summed E-state index contributed by atoms with van der Waals surface area (Å²) < 4.78 is 9.89. The SMILES string of the molecule is COCCN(C)C(=O)c1cc(OC)cc(C(=O)O)c1. The Balaban J connectivity index is 3.01. The molecule has 0 radical (unpaired) electrons. The van der Waals surface area contributed by atoms with Gasteiger partial charge in [0.1, 0.15) is 5.75 Å². The minimum absolute atomic E-state index is 0.0165. The molecular weight excluding hydrogens is 250 g/mol. The first-order valence-corrected chi connectivity index (χ1v) is 5.66. The van der Waals surface area contributed by atoms with Gasteiger partial charge in [-0.2, -0.15) is 0 Å². The van der Waals surface area contributed by atoms with E-state index in [4.69, 9.17) is 14.6 Å². The third-order valence-electron chi connectivity index (χ3n) is 2.61. The zero-order valence-electron chi connectivity index (χ0n) is 11.2. The number of carboxylic acids is 1. The van der Waals surface area contributed by atoms with Crippen LogP contribution < -0.4 is 4.74 Å². The smallest absolute Gasteiger partial charge is 0.335 e. The van der Waals surface area contributed by atoms with Crippen molar-refractivity contribution in [3.05, 3.63) is 29.3 Å². The Bertz CT molecular complexity index is 472. The average Bonchev–Trinajstić information content (AvgIpc) is 2.43.